The second kappa shape index (κ2) is 7.60. The van der Waals surface area contributed by atoms with Gasteiger partial charge in [-0.1, -0.05) is 12.1 Å². The van der Waals surface area contributed by atoms with E-state index < -0.39 is 0 Å². The Hall–Kier alpha value is -1.69. The lowest BCUT2D eigenvalue weighted by atomic mass is 10.3. The molecule has 98 valence electrons. The maximum atomic E-state index is 11.6. The zero-order valence-electron chi connectivity index (χ0n) is 10.3. The number of esters is 1. The summed E-state index contributed by atoms with van der Waals surface area (Å²) in [5.41, 5.74) is 0.615. The van der Waals surface area contributed by atoms with E-state index in [-0.39, 0.29) is 23.4 Å². The van der Waals surface area contributed by atoms with Crippen LogP contribution in [0.5, 0.6) is 5.75 Å². The van der Waals surface area contributed by atoms with E-state index in [0.29, 0.717) is 11.4 Å². The number of rotatable bonds is 6. The van der Waals surface area contributed by atoms with Crippen molar-refractivity contribution in [2.24, 2.45) is 0 Å². The van der Waals surface area contributed by atoms with Crippen molar-refractivity contribution in [2.45, 2.75) is 0 Å². The van der Waals surface area contributed by atoms with E-state index in [0.717, 1.165) is 0 Å². The molecule has 1 aromatic rings. The second-order valence-electron chi connectivity index (χ2n) is 3.32. The largest absolute Gasteiger partial charge is 0.495 e. The molecular formula is C12H15NO4S. The molecule has 0 aromatic heterocycles. The normalized spacial score (nSPS) is 9.67. The van der Waals surface area contributed by atoms with Gasteiger partial charge in [0.25, 0.3) is 0 Å². The number of methoxy groups -OCH3 is 2. The summed E-state index contributed by atoms with van der Waals surface area (Å²) < 4.78 is 9.59. The molecule has 0 bridgehead atoms. The molecule has 1 aromatic carbocycles. The highest BCUT2D eigenvalue weighted by Crippen LogP contribution is 2.23. The summed E-state index contributed by atoms with van der Waals surface area (Å²) in [5, 5.41) is 2.72. The molecule has 1 amide bonds. The first-order valence-corrected chi connectivity index (χ1v) is 6.40. The topological polar surface area (TPSA) is 64.6 Å². The number of hydrogen-bond acceptors (Lipinski definition) is 5. The van der Waals surface area contributed by atoms with Crippen molar-refractivity contribution in [1.29, 1.82) is 0 Å². The van der Waals surface area contributed by atoms with Crippen molar-refractivity contribution in [3.63, 3.8) is 0 Å². The third kappa shape index (κ3) is 4.67. The number of thioether (sulfide) groups is 1. The van der Waals surface area contributed by atoms with Gasteiger partial charge in [-0.2, -0.15) is 0 Å². The lowest BCUT2D eigenvalue weighted by molar-refractivity contribution is -0.137. The van der Waals surface area contributed by atoms with E-state index in [1.807, 2.05) is 6.07 Å². The van der Waals surface area contributed by atoms with E-state index in [1.165, 1.54) is 26.0 Å². The first-order valence-electron chi connectivity index (χ1n) is 5.24. The molecule has 0 aliphatic heterocycles. The first-order chi connectivity index (χ1) is 8.67. The van der Waals surface area contributed by atoms with Gasteiger partial charge in [-0.25, -0.2) is 0 Å². The number of benzene rings is 1. The van der Waals surface area contributed by atoms with E-state index in [1.54, 1.807) is 18.2 Å². The van der Waals surface area contributed by atoms with Crippen LogP contribution in [-0.4, -0.2) is 37.6 Å². The zero-order chi connectivity index (χ0) is 13.4. The van der Waals surface area contributed by atoms with Crippen molar-refractivity contribution < 1.29 is 19.1 Å². The highest BCUT2D eigenvalue weighted by Gasteiger charge is 2.08. The summed E-state index contributed by atoms with van der Waals surface area (Å²) in [4.78, 5) is 22.5. The quantitative estimate of drug-likeness (QED) is 0.794. The minimum Gasteiger partial charge on any atom is -0.495 e. The summed E-state index contributed by atoms with van der Waals surface area (Å²) in [5.74, 6) is 0.422. The van der Waals surface area contributed by atoms with Crippen molar-refractivity contribution in [1.82, 2.24) is 0 Å². The van der Waals surface area contributed by atoms with Crippen LogP contribution in [-0.2, 0) is 14.3 Å². The molecule has 0 radical (unpaired) electrons. The molecule has 0 saturated heterocycles. The summed E-state index contributed by atoms with van der Waals surface area (Å²) in [6.07, 6.45) is 0. The predicted octanol–water partition coefficient (Wildman–Crippen LogP) is 1.54. The Morgan fingerprint density at radius 1 is 1.22 bits per heavy atom. The van der Waals surface area contributed by atoms with E-state index in [4.69, 9.17) is 4.74 Å². The van der Waals surface area contributed by atoms with Gasteiger partial charge >= 0.3 is 5.97 Å². The van der Waals surface area contributed by atoms with Gasteiger partial charge in [-0.05, 0) is 12.1 Å². The molecule has 1 N–H and O–H groups in total. The van der Waals surface area contributed by atoms with E-state index >= 15 is 0 Å². The number of carbonyl (C=O) groups is 2. The minimum absolute atomic E-state index is 0.163. The van der Waals surface area contributed by atoms with Crippen LogP contribution in [0.3, 0.4) is 0 Å². The standard InChI is InChI=1S/C12H15NO4S/c1-16-10-6-4-3-5-9(10)13-11(14)7-18-8-12(15)17-2/h3-6H,7-8H2,1-2H3,(H,13,14). The maximum absolute atomic E-state index is 11.6. The second-order valence-corrected chi connectivity index (χ2v) is 4.30. The molecule has 0 heterocycles. The molecule has 0 aliphatic rings. The molecule has 0 spiro atoms. The Morgan fingerprint density at radius 3 is 2.61 bits per heavy atom. The SMILES string of the molecule is COC(=O)CSCC(=O)Nc1ccccc1OC. The highest BCUT2D eigenvalue weighted by molar-refractivity contribution is 8.00. The van der Waals surface area contributed by atoms with Crippen LogP contribution in [0.15, 0.2) is 24.3 Å². The minimum atomic E-state index is -0.343. The Balaban J connectivity index is 2.42. The molecule has 0 fully saturated rings. The highest BCUT2D eigenvalue weighted by atomic mass is 32.2. The molecule has 0 unspecified atom stereocenters. The van der Waals surface area contributed by atoms with E-state index in [2.05, 4.69) is 10.1 Å². The van der Waals surface area contributed by atoms with Gasteiger partial charge in [-0.3, -0.25) is 9.59 Å². The van der Waals surface area contributed by atoms with Crippen molar-refractivity contribution in [2.75, 3.05) is 31.0 Å². The summed E-state index contributed by atoms with van der Waals surface area (Å²) >= 11 is 1.20. The van der Waals surface area contributed by atoms with Crippen LogP contribution in [0.4, 0.5) is 5.69 Å². The fourth-order valence-corrected chi connectivity index (χ4v) is 1.86. The Kier molecular flexibility index (Phi) is 6.07. The third-order valence-corrected chi connectivity index (χ3v) is 2.97. The van der Waals surface area contributed by atoms with Crippen molar-refractivity contribution >= 4 is 29.3 Å². The summed E-state index contributed by atoms with van der Waals surface area (Å²) in [7, 11) is 2.86. The molecular weight excluding hydrogens is 254 g/mol. The molecule has 0 saturated carbocycles. The molecule has 0 aliphatic carbocycles. The molecule has 18 heavy (non-hydrogen) atoms. The number of amides is 1. The van der Waals surface area contributed by atoms with Gasteiger partial charge in [0.2, 0.25) is 5.91 Å². The Morgan fingerprint density at radius 2 is 1.94 bits per heavy atom. The number of ether oxygens (including phenoxy) is 2. The van der Waals surface area contributed by atoms with Crippen LogP contribution in [0.2, 0.25) is 0 Å². The molecule has 6 heteroatoms. The van der Waals surface area contributed by atoms with Gasteiger partial charge in [-0.15, -0.1) is 11.8 Å². The average Bonchev–Trinajstić information content (AvgIpc) is 2.39. The van der Waals surface area contributed by atoms with Crippen molar-refractivity contribution in [3.05, 3.63) is 24.3 Å². The predicted molar refractivity (Wildman–Crippen MR) is 71.0 cm³/mol. The fraction of sp³-hybridized carbons (Fsp3) is 0.333. The van der Waals surface area contributed by atoms with Crippen LogP contribution in [0.25, 0.3) is 0 Å². The number of nitrogens with one attached hydrogen (secondary N) is 1. The van der Waals surface area contributed by atoms with Crippen LogP contribution in [0, 0.1) is 0 Å². The maximum Gasteiger partial charge on any atom is 0.315 e. The average molecular weight is 269 g/mol. The van der Waals surface area contributed by atoms with Crippen molar-refractivity contribution in [3.8, 4) is 5.75 Å². The van der Waals surface area contributed by atoms with Gasteiger partial charge in [0.05, 0.1) is 31.4 Å². The summed E-state index contributed by atoms with van der Waals surface area (Å²) in [6.45, 7) is 0. The third-order valence-electron chi connectivity index (χ3n) is 2.06. The lowest BCUT2D eigenvalue weighted by Crippen LogP contribution is -2.16. The number of carbonyl (C=O) groups excluding carboxylic acids is 2. The van der Waals surface area contributed by atoms with Crippen LogP contribution >= 0.6 is 11.8 Å². The number of hydrogen-bond donors (Lipinski definition) is 1. The first kappa shape index (κ1) is 14.4. The molecule has 5 nitrogen and oxygen atoms in total. The van der Waals surface area contributed by atoms with Gasteiger partial charge in [0.1, 0.15) is 5.75 Å². The Bertz CT molecular complexity index is 422. The summed E-state index contributed by atoms with van der Waals surface area (Å²) in [6, 6.07) is 7.14. The molecule has 1 rings (SSSR count). The van der Waals surface area contributed by atoms with Crippen LogP contribution in [0.1, 0.15) is 0 Å². The van der Waals surface area contributed by atoms with Gasteiger partial charge in [0, 0.05) is 0 Å². The van der Waals surface area contributed by atoms with Gasteiger partial charge in [0.15, 0.2) is 0 Å². The number of anilines is 1. The zero-order valence-corrected chi connectivity index (χ0v) is 11.1. The van der Waals surface area contributed by atoms with Crippen LogP contribution < -0.4 is 10.1 Å². The Labute approximate surface area is 110 Å². The smallest absolute Gasteiger partial charge is 0.315 e. The fourth-order valence-electron chi connectivity index (χ4n) is 1.22. The molecule has 0 atom stereocenters. The lowest BCUT2D eigenvalue weighted by Gasteiger charge is -2.09. The number of para-hydroxylation sites is 2. The van der Waals surface area contributed by atoms with E-state index in [9.17, 15) is 9.59 Å². The monoisotopic (exact) mass is 269 g/mol. The van der Waals surface area contributed by atoms with Gasteiger partial charge < -0.3 is 14.8 Å².